The van der Waals surface area contributed by atoms with Crippen molar-refractivity contribution >= 4 is 28.5 Å². The van der Waals surface area contributed by atoms with E-state index in [-0.39, 0.29) is 5.91 Å². The van der Waals surface area contributed by atoms with Crippen LogP contribution in [0.2, 0.25) is 0 Å². The van der Waals surface area contributed by atoms with E-state index in [4.69, 9.17) is 0 Å². The van der Waals surface area contributed by atoms with E-state index in [1.54, 1.807) is 6.20 Å². The average Bonchev–Trinajstić information content (AvgIpc) is 2.52. The van der Waals surface area contributed by atoms with Gasteiger partial charge < -0.3 is 10.6 Å². The summed E-state index contributed by atoms with van der Waals surface area (Å²) in [5.41, 5.74) is 1.90. The Morgan fingerprint density at radius 3 is 2.76 bits per heavy atom. The second-order valence-corrected chi connectivity index (χ2v) is 5.79. The molecule has 0 bridgehead atoms. The Balaban J connectivity index is 1.62. The molecule has 0 aliphatic carbocycles. The van der Waals surface area contributed by atoms with E-state index in [1.165, 1.54) is 5.56 Å². The zero-order valence-corrected chi connectivity index (χ0v) is 13.8. The maximum absolute atomic E-state index is 12.0. The minimum Gasteiger partial charge on any atom is -0.352 e. The van der Waals surface area contributed by atoms with Gasteiger partial charge in [0.15, 0.2) is 0 Å². The molecule has 4 nitrogen and oxygen atoms in total. The van der Waals surface area contributed by atoms with Crippen molar-refractivity contribution in [2.45, 2.75) is 13.0 Å². The fourth-order valence-corrected chi connectivity index (χ4v) is 2.52. The lowest BCUT2D eigenvalue weighted by Crippen LogP contribution is -2.27. The second-order valence-electron chi connectivity index (χ2n) is 4.63. The van der Waals surface area contributed by atoms with Gasteiger partial charge in [0, 0.05) is 29.1 Å². The predicted octanol–water partition coefficient (Wildman–Crippen LogP) is 2.60. The second kappa shape index (κ2) is 8.74. The van der Waals surface area contributed by atoms with E-state index in [9.17, 15) is 4.79 Å². The number of amides is 1. The molecule has 0 aliphatic heterocycles. The molecule has 1 amide bonds. The summed E-state index contributed by atoms with van der Waals surface area (Å²) in [6.07, 6.45) is 4.52. The van der Waals surface area contributed by atoms with Crippen molar-refractivity contribution in [2.24, 2.45) is 0 Å². The minimum absolute atomic E-state index is 0.00717. The Bertz CT molecular complexity index is 575. The van der Waals surface area contributed by atoms with Crippen LogP contribution in [0.25, 0.3) is 0 Å². The molecule has 0 radical (unpaired) electrons. The number of nitrogens with one attached hydrogen (secondary N) is 2. The van der Waals surface area contributed by atoms with Gasteiger partial charge in [-0.2, -0.15) is 0 Å². The number of carbonyl (C=O) groups excluding carboxylic acids is 1. The fourth-order valence-electron chi connectivity index (χ4n) is 1.89. The molecule has 1 heterocycles. The number of hydrogen-bond acceptors (Lipinski definition) is 3. The van der Waals surface area contributed by atoms with E-state index in [2.05, 4.69) is 38.2 Å². The first-order valence-electron chi connectivity index (χ1n) is 6.90. The minimum atomic E-state index is -0.00717. The van der Waals surface area contributed by atoms with Crippen LogP contribution >= 0.6 is 22.6 Å². The van der Waals surface area contributed by atoms with Gasteiger partial charge >= 0.3 is 0 Å². The van der Waals surface area contributed by atoms with Crippen molar-refractivity contribution in [3.8, 4) is 0 Å². The van der Waals surface area contributed by atoms with Crippen LogP contribution < -0.4 is 10.6 Å². The number of aromatic nitrogens is 1. The summed E-state index contributed by atoms with van der Waals surface area (Å²) in [5.74, 6) is -0.00717. The zero-order chi connectivity index (χ0) is 14.9. The third-order valence-corrected chi connectivity index (χ3v) is 3.93. The molecule has 1 aromatic heterocycles. The third kappa shape index (κ3) is 5.43. The summed E-state index contributed by atoms with van der Waals surface area (Å²) in [6.45, 7) is 2.34. The molecular formula is C16H18IN3O. The molecule has 0 atom stereocenters. The van der Waals surface area contributed by atoms with Crippen molar-refractivity contribution in [2.75, 3.05) is 13.1 Å². The van der Waals surface area contributed by atoms with Crippen LogP contribution in [0.3, 0.4) is 0 Å². The largest absolute Gasteiger partial charge is 0.352 e. The summed E-state index contributed by atoms with van der Waals surface area (Å²) in [5, 5.41) is 6.28. The van der Waals surface area contributed by atoms with Crippen LogP contribution in [-0.4, -0.2) is 24.0 Å². The number of halogens is 1. The molecule has 0 unspecified atom stereocenters. The van der Waals surface area contributed by atoms with Crippen molar-refractivity contribution < 1.29 is 4.79 Å². The van der Waals surface area contributed by atoms with Gasteiger partial charge in [-0.25, -0.2) is 0 Å². The van der Waals surface area contributed by atoms with Crippen molar-refractivity contribution in [1.82, 2.24) is 15.6 Å². The van der Waals surface area contributed by atoms with Gasteiger partial charge in [-0.15, -0.1) is 0 Å². The van der Waals surface area contributed by atoms with E-state index in [1.807, 2.05) is 42.6 Å². The van der Waals surface area contributed by atoms with Gasteiger partial charge in [-0.05, 0) is 59.3 Å². The molecule has 2 rings (SSSR count). The molecule has 110 valence electrons. The molecule has 0 aliphatic rings. The first-order valence-corrected chi connectivity index (χ1v) is 7.97. The molecule has 0 saturated carbocycles. The zero-order valence-electron chi connectivity index (χ0n) is 11.7. The molecule has 1 aromatic carbocycles. The lowest BCUT2D eigenvalue weighted by Gasteiger charge is -2.07. The Morgan fingerprint density at radius 2 is 2.00 bits per heavy atom. The molecule has 0 saturated heterocycles. The molecule has 0 spiro atoms. The van der Waals surface area contributed by atoms with Crippen LogP contribution in [-0.2, 0) is 6.54 Å². The quantitative estimate of drug-likeness (QED) is 0.560. The molecular weight excluding hydrogens is 377 g/mol. The Hall–Kier alpha value is -1.47. The molecule has 2 N–H and O–H groups in total. The molecule has 5 heteroatoms. The fraction of sp³-hybridized carbons (Fsp3) is 0.250. The van der Waals surface area contributed by atoms with Crippen LogP contribution in [0.15, 0.2) is 48.8 Å². The number of hydrogen-bond donors (Lipinski definition) is 2. The normalized spacial score (nSPS) is 10.3. The maximum atomic E-state index is 12.0. The first kappa shape index (κ1) is 15.9. The predicted molar refractivity (Wildman–Crippen MR) is 92.1 cm³/mol. The topological polar surface area (TPSA) is 54.0 Å². The summed E-state index contributed by atoms with van der Waals surface area (Å²) in [4.78, 5) is 16.0. The standard InChI is InChI=1S/C16H18IN3O/c17-15-7-2-1-6-14(15)16(21)20-10-4-9-19-12-13-5-3-8-18-11-13/h1-3,5-8,11,19H,4,9-10,12H2,(H,20,21). The SMILES string of the molecule is O=C(NCCCNCc1cccnc1)c1ccccc1I. The number of nitrogens with zero attached hydrogens (tertiary/aromatic N) is 1. The Morgan fingerprint density at radius 1 is 1.14 bits per heavy atom. The van der Waals surface area contributed by atoms with E-state index >= 15 is 0 Å². The van der Waals surface area contributed by atoms with Gasteiger partial charge in [0.2, 0.25) is 0 Å². The summed E-state index contributed by atoms with van der Waals surface area (Å²) < 4.78 is 0.974. The smallest absolute Gasteiger partial charge is 0.252 e. The maximum Gasteiger partial charge on any atom is 0.252 e. The van der Waals surface area contributed by atoms with Crippen molar-refractivity contribution in [1.29, 1.82) is 0 Å². The molecule has 0 fully saturated rings. The highest BCUT2D eigenvalue weighted by atomic mass is 127. The number of benzene rings is 1. The lowest BCUT2D eigenvalue weighted by molar-refractivity contribution is 0.0952. The van der Waals surface area contributed by atoms with Crippen molar-refractivity contribution in [3.05, 3.63) is 63.5 Å². The highest BCUT2D eigenvalue weighted by Crippen LogP contribution is 2.10. The van der Waals surface area contributed by atoms with Crippen LogP contribution in [0.1, 0.15) is 22.3 Å². The summed E-state index contributed by atoms with van der Waals surface area (Å²) >= 11 is 2.18. The number of carbonyl (C=O) groups is 1. The molecule has 21 heavy (non-hydrogen) atoms. The van der Waals surface area contributed by atoms with E-state index < -0.39 is 0 Å². The van der Waals surface area contributed by atoms with Crippen LogP contribution in [0.5, 0.6) is 0 Å². The molecule has 2 aromatic rings. The average molecular weight is 395 g/mol. The van der Waals surface area contributed by atoms with Gasteiger partial charge in [0.05, 0.1) is 5.56 Å². The van der Waals surface area contributed by atoms with Gasteiger partial charge in [-0.1, -0.05) is 18.2 Å². The highest BCUT2D eigenvalue weighted by Gasteiger charge is 2.07. The highest BCUT2D eigenvalue weighted by molar-refractivity contribution is 14.1. The van der Waals surface area contributed by atoms with Gasteiger partial charge in [-0.3, -0.25) is 9.78 Å². The lowest BCUT2D eigenvalue weighted by atomic mass is 10.2. The number of rotatable bonds is 7. The summed E-state index contributed by atoms with van der Waals surface area (Å²) in [7, 11) is 0. The van der Waals surface area contributed by atoms with E-state index in [0.29, 0.717) is 6.54 Å². The van der Waals surface area contributed by atoms with Crippen molar-refractivity contribution in [3.63, 3.8) is 0 Å². The van der Waals surface area contributed by atoms with Crippen LogP contribution in [0, 0.1) is 3.57 Å². The van der Waals surface area contributed by atoms with Crippen LogP contribution in [0.4, 0.5) is 0 Å². The first-order chi connectivity index (χ1) is 10.3. The van der Waals surface area contributed by atoms with Gasteiger partial charge in [0.1, 0.15) is 0 Å². The Kier molecular flexibility index (Phi) is 6.62. The third-order valence-electron chi connectivity index (χ3n) is 2.99. The van der Waals surface area contributed by atoms with E-state index in [0.717, 1.165) is 28.6 Å². The number of pyridine rings is 1. The Labute approximate surface area is 138 Å². The monoisotopic (exact) mass is 395 g/mol. The van der Waals surface area contributed by atoms with Gasteiger partial charge in [0.25, 0.3) is 5.91 Å². The summed E-state index contributed by atoms with van der Waals surface area (Å²) in [6, 6.07) is 11.6.